The van der Waals surface area contributed by atoms with Crippen LogP contribution in [-0.2, 0) is 9.59 Å². The fraction of sp³-hybridized carbons (Fsp3) is 0.368. The number of nitrogens with one attached hydrogen (secondary N) is 2. The zero-order valence-electron chi connectivity index (χ0n) is 15.1. The molecule has 2 heterocycles. The molecular weight excluding hydrogens is 366 g/mol. The maximum atomic E-state index is 12.1. The Bertz CT molecular complexity index is 807. The standard InChI is InChI=1S/C19H22ClN5O2/c1-13-15(20)3-2-4-16(13)24-19(27)18(26)23-11-14-5-9-25(10-6-14)17-12-21-7-8-22-17/h2-4,7-8,12,14H,5-6,9-11H2,1H3,(H,23,26)(H,24,27). The normalized spacial score (nSPS) is 14.7. The quantitative estimate of drug-likeness (QED) is 0.786. The molecule has 2 amide bonds. The molecule has 1 aromatic carbocycles. The highest BCUT2D eigenvalue weighted by atomic mass is 35.5. The Morgan fingerprint density at radius 3 is 2.70 bits per heavy atom. The number of rotatable bonds is 4. The molecule has 0 saturated carbocycles. The van der Waals surface area contributed by atoms with Gasteiger partial charge in [-0.25, -0.2) is 4.98 Å². The Balaban J connectivity index is 1.44. The van der Waals surface area contributed by atoms with Crippen LogP contribution in [0.5, 0.6) is 0 Å². The van der Waals surface area contributed by atoms with Crippen LogP contribution in [0, 0.1) is 12.8 Å². The molecule has 8 heteroatoms. The van der Waals surface area contributed by atoms with Crippen molar-refractivity contribution < 1.29 is 9.59 Å². The minimum Gasteiger partial charge on any atom is -0.355 e. The first-order valence-electron chi connectivity index (χ1n) is 8.90. The SMILES string of the molecule is Cc1c(Cl)cccc1NC(=O)C(=O)NCC1CCN(c2cnccn2)CC1. The predicted octanol–water partition coefficient (Wildman–Crippen LogP) is 2.41. The smallest absolute Gasteiger partial charge is 0.313 e. The molecule has 0 radical (unpaired) electrons. The Labute approximate surface area is 163 Å². The van der Waals surface area contributed by atoms with E-state index >= 15 is 0 Å². The number of carbonyl (C=O) groups is 2. The van der Waals surface area contributed by atoms with Crippen LogP contribution in [0.4, 0.5) is 11.5 Å². The molecule has 0 bridgehead atoms. The average molecular weight is 388 g/mol. The number of amides is 2. The van der Waals surface area contributed by atoms with Crippen molar-refractivity contribution in [3.05, 3.63) is 47.4 Å². The molecule has 0 spiro atoms. The van der Waals surface area contributed by atoms with Gasteiger partial charge in [0, 0.05) is 42.7 Å². The molecule has 1 aliphatic heterocycles. The highest BCUT2D eigenvalue weighted by molar-refractivity contribution is 6.40. The minimum atomic E-state index is -0.683. The number of carbonyl (C=O) groups excluding carboxylic acids is 2. The van der Waals surface area contributed by atoms with Crippen molar-refractivity contribution >= 4 is 34.9 Å². The Morgan fingerprint density at radius 2 is 2.00 bits per heavy atom. The Morgan fingerprint density at radius 1 is 1.22 bits per heavy atom. The van der Waals surface area contributed by atoms with Crippen LogP contribution in [0.2, 0.25) is 5.02 Å². The van der Waals surface area contributed by atoms with Gasteiger partial charge in [0.2, 0.25) is 0 Å². The fourth-order valence-corrected chi connectivity index (χ4v) is 3.23. The predicted molar refractivity (Wildman–Crippen MR) is 105 cm³/mol. The first kappa shape index (κ1) is 19.1. The maximum Gasteiger partial charge on any atom is 0.313 e. The Hall–Kier alpha value is -2.67. The van der Waals surface area contributed by atoms with E-state index in [-0.39, 0.29) is 0 Å². The number of halogens is 1. The topological polar surface area (TPSA) is 87.2 Å². The van der Waals surface area contributed by atoms with Crippen LogP contribution in [0.15, 0.2) is 36.8 Å². The van der Waals surface area contributed by atoms with Gasteiger partial charge in [-0.3, -0.25) is 14.6 Å². The van der Waals surface area contributed by atoms with Crippen molar-refractivity contribution in [1.29, 1.82) is 0 Å². The molecule has 0 unspecified atom stereocenters. The lowest BCUT2D eigenvalue weighted by Crippen LogP contribution is -2.42. The fourth-order valence-electron chi connectivity index (χ4n) is 3.06. The molecular formula is C19H22ClN5O2. The van der Waals surface area contributed by atoms with Gasteiger partial charge in [0.15, 0.2) is 0 Å². The summed E-state index contributed by atoms with van der Waals surface area (Å²) in [6, 6.07) is 5.18. The number of benzene rings is 1. The van der Waals surface area contributed by atoms with Gasteiger partial charge in [0.1, 0.15) is 5.82 Å². The molecule has 1 saturated heterocycles. The highest BCUT2D eigenvalue weighted by Crippen LogP contribution is 2.23. The van der Waals surface area contributed by atoms with Crippen LogP contribution in [0.1, 0.15) is 18.4 Å². The van der Waals surface area contributed by atoms with Crippen molar-refractivity contribution in [2.75, 3.05) is 29.9 Å². The molecule has 1 fully saturated rings. The lowest BCUT2D eigenvalue weighted by molar-refractivity contribution is -0.136. The number of hydrogen-bond donors (Lipinski definition) is 2. The first-order valence-corrected chi connectivity index (χ1v) is 9.27. The lowest BCUT2D eigenvalue weighted by Gasteiger charge is -2.32. The van der Waals surface area contributed by atoms with Crippen molar-refractivity contribution in [2.24, 2.45) is 5.92 Å². The number of anilines is 2. The van der Waals surface area contributed by atoms with Crippen molar-refractivity contribution in [3.63, 3.8) is 0 Å². The molecule has 3 rings (SSSR count). The van der Waals surface area contributed by atoms with Crippen LogP contribution in [0.25, 0.3) is 0 Å². The number of piperidine rings is 1. The number of aromatic nitrogens is 2. The minimum absolute atomic E-state index is 0.336. The van der Waals surface area contributed by atoms with Crippen molar-refractivity contribution in [2.45, 2.75) is 19.8 Å². The van der Waals surface area contributed by atoms with E-state index in [2.05, 4.69) is 25.5 Å². The summed E-state index contributed by atoms with van der Waals surface area (Å²) in [5, 5.41) is 5.88. The third-order valence-corrected chi connectivity index (χ3v) is 5.17. The van der Waals surface area contributed by atoms with Gasteiger partial charge in [-0.2, -0.15) is 0 Å². The molecule has 1 aliphatic rings. The Kier molecular flexibility index (Phi) is 6.24. The largest absolute Gasteiger partial charge is 0.355 e. The molecule has 2 N–H and O–H groups in total. The third-order valence-electron chi connectivity index (χ3n) is 4.76. The summed E-state index contributed by atoms with van der Waals surface area (Å²) in [4.78, 5) is 34.8. The molecule has 1 aromatic heterocycles. The van der Waals surface area contributed by atoms with E-state index in [9.17, 15) is 9.59 Å². The van der Waals surface area contributed by atoms with E-state index in [0.717, 1.165) is 37.3 Å². The van der Waals surface area contributed by atoms with E-state index in [0.29, 0.717) is 23.2 Å². The summed E-state index contributed by atoms with van der Waals surface area (Å²) in [5.74, 6) is -0.109. The van der Waals surface area contributed by atoms with Crippen LogP contribution >= 0.6 is 11.6 Å². The zero-order chi connectivity index (χ0) is 19.2. The molecule has 0 atom stereocenters. The van der Waals surface area contributed by atoms with Gasteiger partial charge in [-0.15, -0.1) is 0 Å². The third kappa shape index (κ3) is 4.95. The van der Waals surface area contributed by atoms with Crippen molar-refractivity contribution in [1.82, 2.24) is 15.3 Å². The summed E-state index contributed by atoms with van der Waals surface area (Å²) < 4.78 is 0. The molecule has 0 aliphatic carbocycles. The van der Waals surface area contributed by atoms with Crippen LogP contribution in [-0.4, -0.2) is 41.4 Å². The summed E-state index contributed by atoms with van der Waals surface area (Å²) in [6.45, 7) is 3.98. The van der Waals surface area contributed by atoms with Gasteiger partial charge in [-0.05, 0) is 43.4 Å². The van der Waals surface area contributed by atoms with E-state index in [4.69, 9.17) is 11.6 Å². The van der Waals surface area contributed by atoms with Gasteiger partial charge in [0.05, 0.1) is 6.20 Å². The van der Waals surface area contributed by atoms with Crippen LogP contribution in [0.3, 0.4) is 0 Å². The second-order valence-electron chi connectivity index (χ2n) is 6.57. The summed E-state index contributed by atoms with van der Waals surface area (Å²) >= 11 is 6.03. The number of nitrogens with zero attached hydrogens (tertiary/aromatic N) is 3. The second kappa shape index (κ2) is 8.81. The number of hydrogen-bond acceptors (Lipinski definition) is 5. The van der Waals surface area contributed by atoms with Gasteiger partial charge >= 0.3 is 11.8 Å². The average Bonchev–Trinajstić information content (AvgIpc) is 2.70. The van der Waals surface area contributed by atoms with Gasteiger partial charge < -0.3 is 15.5 Å². The molecule has 7 nitrogen and oxygen atoms in total. The summed E-state index contributed by atoms with van der Waals surface area (Å²) in [7, 11) is 0. The molecule has 2 aromatic rings. The van der Waals surface area contributed by atoms with E-state index in [1.54, 1.807) is 43.7 Å². The molecule has 27 heavy (non-hydrogen) atoms. The van der Waals surface area contributed by atoms with E-state index in [1.165, 1.54) is 0 Å². The van der Waals surface area contributed by atoms with Crippen molar-refractivity contribution in [3.8, 4) is 0 Å². The van der Waals surface area contributed by atoms with E-state index in [1.807, 2.05) is 0 Å². The van der Waals surface area contributed by atoms with Gasteiger partial charge in [0.25, 0.3) is 0 Å². The lowest BCUT2D eigenvalue weighted by atomic mass is 9.97. The second-order valence-corrected chi connectivity index (χ2v) is 6.98. The monoisotopic (exact) mass is 387 g/mol. The molecule has 142 valence electrons. The maximum absolute atomic E-state index is 12.1. The highest BCUT2D eigenvalue weighted by Gasteiger charge is 2.22. The zero-order valence-corrected chi connectivity index (χ0v) is 15.9. The summed E-state index contributed by atoms with van der Waals surface area (Å²) in [5.41, 5.74) is 1.27. The van der Waals surface area contributed by atoms with E-state index < -0.39 is 11.8 Å². The first-order chi connectivity index (χ1) is 13.0. The van der Waals surface area contributed by atoms with Gasteiger partial charge in [-0.1, -0.05) is 17.7 Å². The van der Waals surface area contributed by atoms with Crippen LogP contribution < -0.4 is 15.5 Å². The summed E-state index contributed by atoms with van der Waals surface area (Å²) in [6.07, 6.45) is 6.94.